The van der Waals surface area contributed by atoms with Crippen molar-refractivity contribution in [2.75, 3.05) is 12.4 Å². The molecule has 0 aliphatic heterocycles. The minimum atomic E-state index is -1.12. The van der Waals surface area contributed by atoms with Crippen molar-refractivity contribution < 1.29 is 24.0 Å². The molecule has 2 rings (SSSR count). The first-order valence-electron chi connectivity index (χ1n) is 8.12. The van der Waals surface area contributed by atoms with E-state index >= 15 is 0 Å². The van der Waals surface area contributed by atoms with E-state index in [1.807, 2.05) is 13.8 Å². The molecule has 0 fully saturated rings. The Morgan fingerprint density at radius 2 is 1.96 bits per heavy atom. The molecule has 1 atom stereocenters. The predicted molar refractivity (Wildman–Crippen MR) is 95.8 cm³/mol. The van der Waals surface area contributed by atoms with Crippen molar-refractivity contribution in [2.24, 2.45) is 0 Å². The quantitative estimate of drug-likeness (QED) is 0.447. The average Bonchev–Trinajstić information content (AvgIpc) is 3.09. The minimum absolute atomic E-state index is 0.0179. The van der Waals surface area contributed by atoms with Gasteiger partial charge in [0.1, 0.15) is 5.82 Å². The zero-order chi connectivity index (χ0) is 20.1. The maximum atomic E-state index is 12.3. The van der Waals surface area contributed by atoms with Crippen molar-refractivity contribution in [3.63, 3.8) is 0 Å². The summed E-state index contributed by atoms with van der Waals surface area (Å²) >= 11 is 0. The van der Waals surface area contributed by atoms with E-state index < -0.39 is 22.9 Å². The second kappa shape index (κ2) is 8.30. The van der Waals surface area contributed by atoms with Crippen LogP contribution in [0.2, 0.25) is 0 Å². The van der Waals surface area contributed by atoms with Gasteiger partial charge >= 0.3 is 11.7 Å². The lowest BCUT2D eigenvalue weighted by Gasteiger charge is -2.15. The molecular formula is C17H20N4O6. The molecule has 27 heavy (non-hydrogen) atoms. The third kappa shape index (κ3) is 4.60. The van der Waals surface area contributed by atoms with Crippen LogP contribution in [0.3, 0.4) is 0 Å². The van der Waals surface area contributed by atoms with Crippen molar-refractivity contribution in [1.29, 1.82) is 0 Å². The van der Waals surface area contributed by atoms with Crippen molar-refractivity contribution in [3.8, 4) is 5.75 Å². The van der Waals surface area contributed by atoms with E-state index in [-0.39, 0.29) is 23.0 Å². The van der Waals surface area contributed by atoms with Crippen LogP contribution in [0.1, 0.15) is 37.2 Å². The summed E-state index contributed by atoms with van der Waals surface area (Å²) in [5, 5.41) is 17.8. The predicted octanol–water partition coefficient (Wildman–Crippen LogP) is 2.56. The van der Waals surface area contributed by atoms with E-state index in [0.29, 0.717) is 5.82 Å². The van der Waals surface area contributed by atoms with Gasteiger partial charge in [0.2, 0.25) is 0 Å². The van der Waals surface area contributed by atoms with E-state index in [9.17, 15) is 19.7 Å². The summed E-state index contributed by atoms with van der Waals surface area (Å²) in [6, 6.07) is 5.32. The summed E-state index contributed by atoms with van der Waals surface area (Å²) in [6.07, 6.45) is 0.428. The fourth-order valence-electron chi connectivity index (χ4n) is 2.29. The lowest BCUT2D eigenvalue weighted by Crippen LogP contribution is -2.31. The Kier molecular flexibility index (Phi) is 6.11. The number of hydrogen-bond acceptors (Lipinski definition) is 7. The number of nitrogens with zero attached hydrogens (tertiary/aromatic N) is 3. The van der Waals surface area contributed by atoms with Gasteiger partial charge in [-0.3, -0.25) is 14.9 Å². The number of methoxy groups -OCH3 is 1. The summed E-state index contributed by atoms with van der Waals surface area (Å²) in [5.74, 6) is -0.920. The van der Waals surface area contributed by atoms with Crippen LogP contribution < -0.4 is 10.1 Å². The highest BCUT2D eigenvalue weighted by molar-refractivity contribution is 5.97. The Labute approximate surface area is 155 Å². The standard InChI is InChI=1S/C17H20N4O6/c1-10(2)20-15(7-8-18-20)19-16(22)11(3)27-17(23)12-5-6-14(26-4)13(9-12)21(24)25/h5-11H,1-4H3,(H,19,22). The Morgan fingerprint density at radius 1 is 1.26 bits per heavy atom. The summed E-state index contributed by atoms with van der Waals surface area (Å²) < 4.78 is 11.6. The lowest BCUT2D eigenvalue weighted by atomic mass is 10.2. The number of aromatic nitrogens is 2. The molecule has 10 heteroatoms. The lowest BCUT2D eigenvalue weighted by molar-refractivity contribution is -0.385. The molecule has 2 aromatic rings. The van der Waals surface area contributed by atoms with Crippen LogP contribution in [0, 0.1) is 10.1 Å². The van der Waals surface area contributed by atoms with Gasteiger partial charge in [-0.15, -0.1) is 0 Å². The summed E-state index contributed by atoms with van der Waals surface area (Å²) in [6.45, 7) is 5.21. The van der Waals surface area contributed by atoms with E-state index in [4.69, 9.17) is 9.47 Å². The monoisotopic (exact) mass is 376 g/mol. The minimum Gasteiger partial charge on any atom is -0.490 e. The molecule has 0 aliphatic rings. The second-order valence-corrected chi connectivity index (χ2v) is 5.94. The maximum absolute atomic E-state index is 12.3. The molecule has 1 aromatic heterocycles. The van der Waals surface area contributed by atoms with Gasteiger partial charge in [0.05, 0.1) is 23.8 Å². The van der Waals surface area contributed by atoms with Gasteiger partial charge in [0.25, 0.3) is 5.91 Å². The number of rotatable bonds is 7. The van der Waals surface area contributed by atoms with Crippen LogP contribution in [0.15, 0.2) is 30.5 Å². The number of amides is 1. The molecule has 1 N–H and O–H groups in total. The molecule has 1 aromatic carbocycles. The largest absolute Gasteiger partial charge is 0.490 e. The maximum Gasteiger partial charge on any atom is 0.339 e. The molecule has 0 saturated carbocycles. The molecule has 0 bridgehead atoms. The Balaban J connectivity index is 2.08. The molecule has 1 heterocycles. The summed E-state index contributed by atoms with van der Waals surface area (Å²) in [4.78, 5) is 34.9. The number of nitro benzene ring substituents is 1. The highest BCUT2D eigenvalue weighted by atomic mass is 16.6. The number of carbonyl (C=O) groups is 2. The SMILES string of the molecule is COc1ccc(C(=O)OC(C)C(=O)Nc2ccnn2C(C)C)cc1[N+](=O)[O-]. The van der Waals surface area contributed by atoms with Crippen molar-refractivity contribution in [3.05, 3.63) is 46.1 Å². The van der Waals surface area contributed by atoms with Gasteiger partial charge in [-0.2, -0.15) is 5.10 Å². The van der Waals surface area contributed by atoms with Crippen molar-refractivity contribution in [2.45, 2.75) is 32.9 Å². The van der Waals surface area contributed by atoms with E-state index in [0.717, 1.165) is 6.07 Å². The normalized spacial score (nSPS) is 11.7. The van der Waals surface area contributed by atoms with Gasteiger partial charge in [-0.05, 0) is 32.9 Å². The fraction of sp³-hybridized carbons (Fsp3) is 0.353. The molecule has 0 saturated heterocycles. The number of nitrogens with one attached hydrogen (secondary N) is 1. The van der Waals surface area contributed by atoms with Gasteiger partial charge in [-0.1, -0.05) is 0 Å². The average molecular weight is 376 g/mol. The molecule has 1 unspecified atom stereocenters. The molecule has 10 nitrogen and oxygen atoms in total. The van der Waals surface area contributed by atoms with E-state index in [1.165, 1.54) is 26.2 Å². The molecule has 0 spiro atoms. The van der Waals surface area contributed by atoms with Gasteiger partial charge in [0.15, 0.2) is 11.9 Å². The van der Waals surface area contributed by atoms with Crippen LogP contribution in [-0.4, -0.2) is 39.8 Å². The van der Waals surface area contributed by atoms with E-state index in [2.05, 4.69) is 10.4 Å². The number of esters is 1. The van der Waals surface area contributed by atoms with Crippen LogP contribution in [0.25, 0.3) is 0 Å². The van der Waals surface area contributed by atoms with Crippen LogP contribution in [-0.2, 0) is 9.53 Å². The van der Waals surface area contributed by atoms with E-state index in [1.54, 1.807) is 16.9 Å². The highest BCUT2D eigenvalue weighted by Gasteiger charge is 2.23. The number of nitro groups is 1. The number of carbonyl (C=O) groups excluding carboxylic acids is 2. The number of ether oxygens (including phenoxy) is 2. The third-order valence-corrected chi connectivity index (χ3v) is 3.67. The summed E-state index contributed by atoms with van der Waals surface area (Å²) in [7, 11) is 1.29. The Hall–Kier alpha value is -3.43. The van der Waals surface area contributed by atoms with Gasteiger partial charge in [-0.25, -0.2) is 9.48 Å². The van der Waals surface area contributed by atoms with Crippen LogP contribution in [0.5, 0.6) is 5.75 Å². The highest BCUT2D eigenvalue weighted by Crippen LogP contribution is 2.28. The van der Waals surface area contributed by atoms with Crippen molar-refractivity contribution in [1.82, 2.24) is 9.78 Å². The molecule has 0 aliphatic carbocycles. The third-order valence-electron chi connectivity index (χ3n) is 3.67. The first-order valence-corrected chi connectivity index (χ1v) is 8.12. The molecule has 144 valence electrons. The fourth-order valence-corrected chi connectivity index (χ4v) is 2.29. The first kappa shape index (κ1) is 19.9. The van der Waals surface area contributed by atoms with Crippen molar-refractivity contribution >= 4 is 23.4 Å². The molecule has 1 amide bonds. The van der Waals surface area contributed by atoms with Gasteiger partial charge < -0.3 is 14.8 Å². The zero-order valence-electron chi connectivity index (χ0n) is 15.3. The number of hydrogen-bond donors (Lipinski definition) is 1. The molecular weight excluding hydrogens is 356 g/mol. The van der Waals surface area contributed by atoms with Gasteiger partial charge in [0, 0.05) is 18.2 Å². The molecule has 0 radical (unpaired) electrons. The Morgan fingerprint density at radius 3 is 2.56 bits per heavy atom. The summed E-state index contributed by atoms with van der Waals surface area (Å²) in [5.41, 5.74) is -0.431. The first-order chi connectivity index (χ1) is 12.7. The Bertz CT molecular complexity index is 861. The second-order valence-electron chi connectivity index (χ2n) is 5.94. The number of anilines is 1. The topological polar surface area (TPSA) is 126 Å². The van der Waals surface area contributed by atoms with Crippen LogP contribution in [0.4, 0.5) is 11.5 Å². The smallest absolute Gasteiger partial charge is 0.339 e. The number of benzene rings is 1. The zero-order valence-corrected chi connectivity index (χ0v) is 15.3. The van der Waals surface area contributed by atoms with Crippen LogP contribution >= 0.6 is 0 Å².